The van der Waals surface area contributed by atoms with Gasteiger partial charge in [0.15, 0.2) is 0 Å². The number of piperidine rings is 1. The van der Waals surface area contributed by atoms with E-state index in [-0.39, 0.29) is 0 Å². The number of nitrogens with one attached hydrogen (secondary N) is 1. The minimum Gasteiger partial charge on any atom is -0.480 e. The van der Waals surface area contributed by atoms with Crippen molar-refractivity contribution in [2.75, 3.05) is 33.2 Å². The molecule has 2 saturated heterocycles. The van der Waals surface area contributed by atoms with Crippen LogP contribution < -0.4 is 5.32 Å². The number of hydrogen-bond donors (Lipinski definition) is 2. The van der Waals surface area contributed by atoms with Crippen molar-refractivity contribution < 1.29 is 9.90 Å². The molecule has 0 aromatic heterocycles. The zero-order chi connectivity index (χ0) is 14.8. The van der Waals surface area contributed by atoms with E-state index in [1.165, 1.54) is 0 Å². The van der Waals surface area contributed by atoms with Crippen molar-refractivity contribution in [1.82, 2.24) is 15.1 Å². The molecule has 2 atom stereocenters. The van der Waals surface area contributed by atoms with Crippen LogP contribution in [-0.2, 0) is 4.79 Å². The quantitative estimate of drug-likeness (QED) is 0.730. The van der Waals surface area contributed by atoms with E-state index in [1.807, 2.05) is 0 Å². The standard InChI is InChI=1S/C15H29N3O2/c1-4-18(5-2)9-8-16-15(14(19)20)10-12-6-7-13(11-15)17(12)3/h12-13,16H,4-11H2,1-3H3,(H,19,20). The van der Waals surface area contributed by atoms with Crippen LogP contribution in [0.3, 0.4) is 0 Å². The highest BCUT2D eigenvalue weighted by Gasteiger charge is 2.50. The van der Waals surface area contributed by atoms with E-state index < -0.39 is 11.5 Å². The maximum Gasteiger partial charge on any atom is 0.324 e. The van der Waals surface area contributed by atoms with Gasteiger partial charge in [-0.15, -0.1) is 0 Å². The summed E-state index contributed by atoms with van der Waals surface area (Å²) >= 11 is 0. The molecule has 0 saturated carbocycles. The fourth-order valence-corrected chi connectivity index (χ4v) is 3.86. The molecule has 5 heteroatoms. The first-order chi connectivity index (χ1) is 9.52. The third kappa shape index (κ3) is 3.00. The Labute approximate surface area is 122 Å². The molecule has 2 rings (SSSR count). The van der Waals surface area contributed by atoms with Gasteiger partial charge in [-0.25, -0.2) is 0 Å². The molecule has 2 aliphatic heterocycles. The van der Waals surface area contributed by atoms with Gasteiger partial charge in [0, 0.05) is 25.2 Å². The molecule has 0 aliphatic carbocycles. The number of carboxylic acid groups (broad SMARTS) is 1. The first-order valence-electron chi connectivity index (χ1n) is 7.95. The number of fused-ring (bicyclic) bond motifs is 2. The van der Waals surface area contributed by atoms with Gasteiger partial charge in [-0.2, -0.15) is 0 Å². The van der Waals surface area contributed by atoms with E-state index in [9.17, 15) is 9.90 Å². The zero-order valence-corrected chi connectivity index (χ0v) is 13.1. The molecule has 0 aromatic rings. The second-order valence-corrected chi connectivity index (χ2v) is 6.30. The lowest BCUT2D eigenvalue weighted by Crippen LogP contribution is -2.62. The van der Waals surface area contributed by atoms with Crippen LogP contribution in [0.5, 0.6) is 0 Å². The van der Waals surface area contributed by atoms with Crippen LogP contribution >= 0.6 is 0 Å². The Morgan fingerprint density at radius 2 is 1.85 bits per heavy atom. The molecule has 2 unspecified atom stereocenters. The molecule has 20 heavy (non-hydrogen) atoms. The number of likely N-dealkylation sites (N-methyl/N-ethyl adjacent to an activating group) is 1. The van der Waals surface area contributed by atoms with Gasteiger partial charge in [0.05, 0.1) is 0 Å². The summed E-state index contributed by atoms with van der Waals surface area (Å²) in [5.41, 5.74) is -0.703. The second-order valence-electron chi connectivity index (χ2n) is 6.30. The van der Waals surface area contributed by atoms with Crippen LogP contribution in [-0.4, -0.2) is 71.7 Å². The summed E-state index contributed by atoms with van der Waals surface area (Å²) in [6.07, 6.45) is 3.78. The molecule has 116 valence electrons. The number of carbonyl (C=O) groups is 1. The largest absolute Gasteiger partial charge is 0.480 e. The predicted octanol–water partition coefficient (Wildman–Crippen LogP) is 0.998. The number of aliphatic carboxylic acids is 1. The number of carboxylic acids is 1. The summed E-state index contributed by atoms with van der Waals surface area (Å²) in [7, 11) is 2.14. The smallest absolute Gasteiger partial charge is 0.324 e. The Morgan fingerprint density at radius 1 is 1.30 bits per heavy atom. The maximum atomic E-state index is 11.8. The lowest BCUT2D eigenvalue weighted by molar-refractivity contribution is -0.148. The minimum absolute atomic E-state index is 0.436. The van der Waals surface area contributed by atoms with E-state index in [2.05, 4.69) is 36.0 Å². The average molecular weight is 283 g/mol. The van der Waals surface area contributed by atoms with E-state index in [1.54, 1.807) is 0 Å². The van der Waals surface area contributed by atoms with Crippen LogP contribution in [0, 0.1) is 0 Å². The summed E-state index contributed by atoms with van der Waals surface area (Å²) < 4.78 is 0. The molecular formula is C15H29N3O2. The minimum atomic E-state index is -0.703. The molecule has 2 bridgehead atoms. The highest BCUT2D eigenvalue weighted by Crippen LogP contribution is 2.39. The van der Waals surface area contributed by atoms with Crippen molar-refractivity contribution in [3.63, 3.8) is 0 Å². The van der Waals surface area contributed by atoms with E-state index >= 15 is 0 Å². The third-order valence-electron chi connectivity index (χ3n) is 5.35. The fraction of sp³-hybridized carbons (Fsp3) is 0.933. The monoisotopic (exact) mass is 283 g/mol. The molecule has 5 nitrogen and oxygen atoms in total. The first-order valence-corrected chi connectivity index (χ1v) is 7.95. The number of rotatable bonds is 7. The Kier molecular flexibility index (Phi) is 5.04. The van der Waals surface area contributed by atoms with Gasteiger partial charge in [0.1, 0.15) is 5.54 Å². The van der Waals surface area contributed by atoms with Gasteiger partial charge < -0.3 is 20.2 Å². The molecular weight excluding hydrogens is 254 g/mol. The molecule has 0 aromatic carbocycles. The van der Waals surface area contributed by atoms with Crippen molar-refractivity contribution >= 4 is 5.97 Å². The fourth-order valence-electron chi connectivity index (χ4n) is 3.86. The molecule has 2 N–H and O–H groups in total. The van der Waals surface area contributed by atoms with Crippen LogP contribution in [0.1, 0.15) is 39.5 Å². The SMILES string of the molecule is CCN(CC)CCNC1(C(=O)O)CC2CCC(C1)N2C. The Morgan fingerprint density at radius 3 is 2.30 bits per heavy atom. The van der Waals surface area contributed by atoms with Crippen molar-refractivity contribution in [1.29, 1.82) is 0 Å². The second kappa shape index (κ2) is 6.41. The predicted molar refractivity (Wildman–Crippen MR) is 80.0 cm³/mol. The Hall–Kier alpha value is -0.650. The lowest BCUT2D eigenvalue weighted by Gasteiger charge is -2.43. The van der Waals surface area contributed by atoms with Gasteiger partial charge in [-0.1, -0.05) is 13.8 Å². The van der Waals surface area contributed by atoms with Crippen LogP contribution in [0.25, 0.3) is 0 Å². The summed E-state index contributed by atoms with van der Waals surface area (Å²) in [4.78, 5) is 16.5. The van der Waals surface area contributed by atoms with Crippen molar-refractivity contribution in [2.45, 2.75) is 57.2 Å². The lowest BCUT2D eigenvalue weighted by atomic mass is 9.83. The van der Waals surface area contributed by atoms with Crippen molar-refractivity contribution in [2.24, 2.45) is 0 Å². The number of hydrogen-bond acceptors (Lipinski definition) is 4. The molecule has 2 fully saturated rings. The highest BCUT2D eigenvalue weighted by atomic mass is 16.4. The molecule has 0 amide bonds. The highest BCUT2D eigenvalue weighted by molar-refractivity contribution is 5.79. The summed E-state index contributed by atoms with van der Waals surface area (Å²) in [5, 5.41) is 13.1. The Balaban J connectivity index is 1.96. The van der Waals surface area contributed by atoms with Gasteiger partial charge in [-0.05, 0) is 45.8 Å². The average Bonchev–Trinajstić information content (AvgIpc) is 2.66. The van der Waals surface area contributed by atoms with Gasteiger partial charge in [0.25, 0.3) is 0 Å². The molecule has 2 aliphatic rings. The van der Waals surface area contributed by atoms with Gasteiger partial charge in [0.2, 0.25) is 0 Å². The van der Waals surface area contributed by atoms with Crippen molar-refractivity contribution in [3.8, 4) is 0 Å². The number of nitrogens with zero attached hydrogens (tertiary/aromatic N) is 2. The van der Waals surface area contributed by atoms with Crippen LogP contribution in [0.4, 0.5) is 0 Å². The summed E-state index contributed by atoms with van der Waals surface area (Å²) in [5.74, 6) is -0.665. The van der Waals surface area contributed by atoms with Gasteiger partial charge in [-0.3, -0.25) is 4.79 Å². The zero-order valence-electron chi connectivity index (χ0n) is 13.1. The van der Waals surface area contributed by atoms with Crippen molar-refractivity contribution in [3.05, 3.63) is 0 Å². The summed E-state index contributed by atoms with van der Waals surface area (Å²) in [6, 6.07) is 0.872. The third-order valence-corrected chi connectivity index (χ3v) is 5.35. The summed E-state index contributed by atoms with van der Waals surface area (Å²) in [6.45, 7) is 8.02. The molecule has 2 heterocycles. The Bertz CT molecular complexity index is 330. The van der Waals surface area contributed by atoms with E-state index in [0.29, 0.717) is 12.1 Å². The maximum absolute atomic E-state index is 11.8. The van der Waals surface area contributed by atoms with Crippen LogP contribution in [0.2, 0.25) is 0 Å². The molecule has 0 radical (unpaired) electrons. The topological polar surface area (TPSA) is 55.8 Å². The van der Waals surface area contributed by atoms with E-state index in [0.717, 1.165) is 51.9 Å². The normalized spacial score (nSPS) is 33.8. The van der Waals surface area contributed by atoms with E-state index in [4.69, 9.17) is 0 Å². The first kappa shape index (κ1) is 15.7. The van der Waals surface area contributed by atoms with Gasteiger partial charge >= 0.3 is 5.97 Å². The van der Waals surface area contributed by atoms with Crippen LogP contribution in [0.15, 0.2) is 0 Å². The molecule has 0 spiro atoms.